The van der Waals surface area contributed by atoms with E-state index in [1.807, 2.05) is 30.3 Å². The molecule has 3 aromatic carbocycles. The number of fused-ring (bicyclic) bond motifs is 3. The predicted molar refractivity (Wildman–Crippen MR) is 102 cm³/mol. The van der Waals surface area contributed by atoms with Crippen LogP contribution in [0.5, 0.6) is 5.75 Å². The molecule has 0 N–H and O–H groups in total. The van der Waals surface area contributed by atoms with Crippen LogP contribution in [0.1, 0.15) is 15.9 Å². The quantitative estimate of drug-likeness (QED) is 0.308. The van der Waals surface area contributed by atoms with E-state index >= 15 is 0 Å². The highest BCUT2D eigenvalue weighted by Crippen LogP contribution is 2.28. The molecule has 1 heterocycles. The first-order chi connectivity index (χ1) is 13.2. The summed E-state index contributed by atoms with van der Waals surface area (Å²) in [5.74, 6) is 0.0803. The van der Waals surface area contributed by atoms with Gasteiger partial charge in [-0.1, -0.05) is 36.4 Å². The Balaban J connectivity index is 1.75. The summed E-state index contributed by atoms with van der Waals surface area (Å²) in [7, 11) is 1.33. The third-order valence-corrected chi connectivity index (χ3v) is 4.36. The summed E-state index contributed by atoms with van der Waals surface area (Å²) in [4.78, 5) is 23.6. The maximum Gasteiger partial charge on any atom is 0.337 e. The zero-order valence-corrected chi connectivity index (χ0v) is 14.6. The lowest BCUT2D eigenvalue weighted by atomic mass is 10.0. The van der Waals surface area contributed by atoms with Crippen molar-refractivity contribution in [2.75, 3.05) is 7.11 Å². The lowest BCUT2D eigenvalue weighted by molar-refractivity contribution is 0.0600. The molecule has 4 aromatic rings. The lowest BCUT2D eigenvalue weighted by Gasteiger charge is -2.11. The number of hydrogen-bond donors (Lipinski definition) is 0. The molecule has 0 radical (unpaired) electrons. The highest BCUT2D eigenvalue weighted by molar-refractivity contribution is 6.07. The molecule has 0 amide bonds. The number of hydrogen-bond acceptors (Lipinski definition) is 5. The molecule has 0 spiro atoms. The van der Waals surface area contributed by atoms with E-state index in [2.05, 4.69) is 0 Å². The average molecular weight is 360 g/mol. The van der Waals surface area contributed by atoms with Crippen molar-refractivity contribution in [2.45, 2.75) is 6.61 Å². The van der Waals surface area contributed by atoms with Gasteiger partial charge in [-0.3, -0.25) is 0 Å². The van der Waals surface area contributed by atoms with Crippen molar-refractivity contribution in [3.05, 3.63) is 88.3 Å². The zero-order chi connectivity index (χ0) is 18.8. The molecule has 0 saturated heterocycles. The fourth-order valence-electron chi connectivity index (χ4n) is 3.13. The van der Waals surface area contributed by atoms with Crippen LogP contribution in [0, 0.1) is 0 Å². The van der Waals surface area contributed by atoms with Gasteiger partial charge in [-0.2, -0.15) is 0 Å². The second kappa shape index (κ2) is 6.96. The molecule has 0 unspecified atom stereocenters. The molecule has 0 bridgehead atoms. The normalized spacial score (nSPS) is 10.9. The van der Waals surface area contributed by atoms with Crippen molar-refractivity contribution in [1.29, 1.82) is 0 Å². The molecule has 5 heteroatoms. The number of carbonyl (C=O) groups excluding carboxylic acids is 1. The standard InChI is InChI=1S/C22H16O5/c1-25-22(24)15-6-4-7-17(11-15)26-13-16-12-20(23)27-19-10-9-14-5-2-3-8-18(14)21(16)19/h2-12H,13H2,1H3. The van der Waals surface area contributed by atoms with E-state index in [9.17, 15) is 9.59 Å². The second-order valence-electron chi connectivity index (χ2n) is 6.06. The monoisotopic (exact) mass is 360 g/mol. The lowest BCUT2D eigenvalue weighted by Crippen LogP contribution is -2.05. The van der Waals surface area contributed by atoms with Crippen LogP contribution in [-0.4, -0.2) is 13.1 Å². The van der Waals surface area contributed by atoms with E-state index in [0.717, 1.165) is 21.7 Å². The van der Waals surface area contributed by atoms with Gasteiger partial charge in [-0.25, -0.2) is 9.59 Å². The van der Waals surface area contributed by atoms with Crippen LogP contribution in [0.4, 0.5) is 0 Å². The Morgan fingerprint density at radius 3 is 2.70 bits per heavy atom. The zero-order valence-electron chi connectivity index (χ0n) is 14.6. The van der Waals surface area contributed by atoms with E-state index < -0.39 is 11.6 Å². The van der Waals surface area contributed by atoms with E-state index in [4.69, 9.17) is 13.9 Å². The maximum absolute atomic E-state index is 12.0. The number of benzene rings is 3. The minimum absolute atomic E-state index is 0.167. The van der Waals surface area contributed by atoms with Gasteiger partial charge in [0.1, 0.15) is 17.9 Å². The molecule has 0 aliphatic heterocycles. The summed E-state index contributed by atoms with van der Waals surface area (Å²) < 4.78 is 15.9. The van der Waals surface area contributed by atoms with Gasteiger partial charge in [0.25, 0.3) is 0 Å². The third-order valence-electron chi connectivity index (χ3n) is 4.36. The van der Waals surface area contributed by atoms with Gasteiger partial charge in [0.15, 0.2) is 0 Å². The fraction of sp³-hybridized carbons (Fsp3) is 0.0909. The van der Waals surface area contributed by atoms with Gasteiger partial charge in [0.05, 0.1) is 12.7 Å². The Morgan fingerprint density at radius 2 is 1.85 bits per heavy atom. The van der Waals surface area contributed by atoms with E-state index in [1.165, 1.54) is 13.2 Å². The Kier molecular flexibility index (Phi) is 4.34. The number of ether oxygens (including phenoxy) is 2. The van der Waals surface area contributed by atoms with Crippen LogP contribution in [0.3, 0.4) is 0 Å². The van der Waals surface area contributed by atoms with Gasteiger partial charge < -0.3 is 13.9 Å². The molecule has 5 nitrogen and oxygen atoms in total. The van der Waals surface area contributed by atoms with Gasteiger partial charge in [0, 0.05) is 17.0 Å². The predicted octanol–water partition coefficient (Wildman–Crippen LogP) is 4.31. The topological polar surface area (TPSA) is 65.7 Å². The molecular formula is C22H16O5. The molecule has 0 aliphatic rings. The van der Waals surface area contributed by atoms with Crippen LogP contribution in [-0.2, 0) is 11.3 Å². The Hall–Kier alpha value is -3.60. The molecule has 0 aliphatic carbocycles. The van der Waals surface area contributed by atoms with E-state index in [1.54, 1.807) is 30.3 Å². The third kappa shape index (κ3) is 3.27. The first-order valence-electron chi connectivity index (χ1n) is 8.41. The largest absolute Gasteiger partial charge is 0.489 e. The Bertz CT molecular complexity index is 1210. The smallest absolute Gasteiger partial charge is 0.337 e. The van der Waals surface area contributed by atoms with Crippen LogP contribution in [0.2, 0.25) is 0 Å². The van der Waals surface area contributed by atoms with Crippen molar-refractivity contribution in [3.63, 3.8) is 0 Å². The first kappa shape index (κ1) is 16.8. The maximum atomic E-state index is 12.0. The fourth-order valence-corrected chi connectivity index (χ4v) is 3.13. The van der Waals surface area contributed by atoms with Crippen molar-refractivity contribution < 1.29 is 18.7 Å². The van der Waals surface area contributed by atoms with Crippen LogP contribution in [0.25, 0.3) is 21.7 Å². The number of methoxy groups -OCH3 is 1. The Morgan fingerprint density at radius 1 is 1.00 bits per heavy atom. The molecule has 4 rings (SSSR count). The molecule has 134 valence electrons. The highest BCUT2D eigenvalue weighted by Gasteiger charge is 2.11. The number of esters is 1. The van der Waals surface area contributed by atoms with Crippen LogP contribution < -0.4 is 10.4 Å². The molecule has 27 heavy (non-hydrogen) atoms. The number of rotatable bonds is 4. The van der Waals surface area contributed by atoms with Gasteiger partial charge in [-0.15, -0.1) is 0 Å². The summed E-state index contributed by atoms with van der Waals surface area (Å²) in [6.07, 6.45) is 0. The van der Waals surface area contributed by atoms with Gasteiger partial charge >= 0.3 is 11.6 Å². The second-order valence-corrected chi connectivity index (χ2v) is 6.06. The van der Waals surface area contributed by atoms with Crippen molar-refractivity contribution in [1.82, 2.24) is 0 Å². The molecular weight excluding hydrogens is 344 g/mol. The van der Waals surface area contributed by atoms with Crippen molar-refractivity contribution >= 4 is 27.7 Å². The minimum atomic E-state index is -0.433. The summed E-state index contributed by atoms with van der Waals surface area (Å²) >= 11 is 0. The summed E-state index contributed by atoms with van der Waals surface area (Å²) in [6.45, 7) is 0.167. The molecule has 0 fully saturated rings. The average Bonchev–Trinajstić information content (AvgIpc) is 2.71. The van der Waals surface area contributed by atoms with Crippen LogP contribution >= 0.6 is 0 Å². The molecule has 1 aromatic heterocycles. The van der Waals surface area contributed by atoms with E-state index in [0.29, 0.717) is 16.9 Å². The van der Waals surface area contributed by atoms with Gasteiger partial charge in [-0.05, 0) is 35.0 Å². The molecule has 0 saturated carbocycles. The first-order valence-corrected chi connectivity index (χ1v) is 8.41. The van der Waals surface area contributed by atoms with Crippen LogP contribution in [0.15, 0.2) is 75.9 Å². The Labute approximate surface area is 154 Å². The van der Waals surface area contributed by atoms with Crippen molar-refractivity contribution in [2.24, 2.45) is 0 Å². The van der Waals surface area contributed by atoms with Crippen molar-refractivity contribution in [3.8, 4) is 5.75 Å². The minimum Gasteiger partial charge on any atom is -0.489 e. The SMILES string of the molecule is COC(=O)c1cccc(OCc2cc(=O)oc3ccc4ccccc4c23)c1. The summed E-state index contributed by atoms with van der Waals surface area (Å²) in [5, 5.41) is 2.88. The van der Waals surface area contributed by atoms with E-state index in [-0.39, 0.29) is 6.61 Å². The number of carbonyl (C=O) groups is 1. The molecule has 0 atom stereocenters. The summed E-state index contributed by atoms with van der Waals surface area (Å²) in [5.41, 5.74) is 1.21. The highest BCUT2D eigenvalue weighted by atomic mass is 16.5. The summed E-state index contributed by atoms with van der Waals surface area (Å²) in [6, 6.07) is 19.8. The van der Waals surface area contributed by atoms with Gasteiger partial charge in [0.2, 0.25) is 0 Å².